The second-order valence-electron chi connectivity index (χ2n) is 4.12. The standard InChI is InChI=1S/C13H14FN3O3/c1-3-11-12(17-20-16-11)15-13(18)8(2)19-10-6-4-9(14)5-7-10/h4-8H,3H2,1-2H3,(H,15,17,18). The molecule has 1 aromatic heterocycles. The highest BCUT2D eigenvalue weighted by molar-refractivity contribution is 5.93. The molecule has 1 aromatic carbocycles. The maximum Gasteiger partial charge on any atom is 0.266 e. The molecule has 0 fully saturated rings. The highest BCUT2D eigenvalue weighted by atomic mass is 19.1. The van der Waals surface area contributed by atoms with Crippen molar-refractivity contribution in [2.45, 2.75) is 26.4 Å². The Bertz CT molecular complexity index is 583. The number of hydrogen-bond acceptors (Lipinski definition) is 5. The molecule has 106 valence electrons. The normalized spacial score (nSPS) is 11.9. The van der Waals surface area contributed by atoms with E-state index in [9.17, 15) is 9.18 Å². The second kappa shape index (κ2) is 6.14. The van der Waals surface area contributed by atoms with Gasteiger partial charge in [0.2, 0.25) is 5.82 Å². The van der Waals surface area contributed by atoms with E-state index in [1.807, 2.05) is 6.92 Å². The van der Waals surface area contributed by atoms with Gasteiger partial charge in [-0.2, -0.15) is 0 Å². The summed E-state index contributed by atoms with van der Waals surface area (Å²) in [6.45, 7) is 3.45. The minimum absolute atomic E-state index is 0.284. The summed E-state index contributed by atoms with van der Waals surface area (Å²) < 4.78 is 22.7. The lowest BCUT2D eigenvalue weighted by atomic mass is 10.3. The molecule has 1 amide bonds. The molecule has 2 rings (SSSR count). The summed E-state index contributed by atoms with van der Waals surface area (Å²) in [5, 5.41) is 9.83. The second-order valence-corrected chi connectivity index (χ2v) is 4.12. The summed E-state index contributed by atoms with van der Waals surface area (Å²) in [5.74, 6) is -0.0643. The summed E-state index contributed by atoms with van der Waals surface area (Å²) >= 11 is 0. The van der Waals surface area contributed by atoms with Gasteiger partial charge in [0.15, 0.2) is 6.10 Å². The van der Waals surface area contributed by atoms with Crippen molar-refractivity contribution in [2.24, 2.45) is 0 Å². The fraction of sp³-hybridized carbons (Fsp3) is 0.308. The van der Waals surface area contributed by atoms with Crippen molar-refractivity contribution in [3.8, 4) is 5.75 Å². The van der Waals surface area contributed by atoms with Crippen LogP contribution in [0.4, 0.5) is 10.2 Å². The third-order valence-electron chi connectivity index (χ3n) is 2.63. The molecule has 1 unspecified atom stereocenters. The van der Waals surface area contributed by atoms with Crippen LogP contribution in [-0.4, -0.2) is 22.3 Å². The van der Waals surface area contributed by atoms with E-state index in [-0.39, 0.29) is 17.5 Å². The smallest absolute Gasteiger partial charge is 0.266 e. The molecule has 0 aliphatic carbocycles. The van der Waals surface area contributed by atoms with E-state index >= 15 is 0 Å². The molecule has 6 nitrogen and oxygen atoms in total. The van der Waals surface area contributed by atoms with Gasteiger partial charge >= 0.3 is 0 Å². The molecule has 0 radical (unpaired) electrons. The number of carbonyl (C=O) groups excluding carboxylic acids is 1. The molecule has 1 atom stereocenters. The molecular weight excluding hydrogens is 265 g/mol. The number of halogens is 1. The lowest BCUT2D eigenvalue weighted by Gasteiger charge is -2.13. The SMILES string of the molecule is CCc1nonc1NC(=O)C(C)Oc1ccc(F)cc1. The first-order valence-corrected chi connectivity index (χ1v) is 6.14. The molecular formula is C13H14FN3O3. The highest BCUT2D eigenvalue weighted by Crippen LogP contribution is 2.15. The number of benzene rings is 1. The Balaban J connectivity index is 1.97. The first-order chi connectivity index (χ1) is 9.60. The van der Waals surface area contributed by atoms with E-state index < -0.39 is 6.10 Å². The third-order valence-corrected chi connectivity index (χ3v) is 2.63. The van der Waals surface area contributed by atoms with Gasteiger partial charge in [0, 0.05) is 0 Å². The molecule has 1 heterocycles. The Kier molecular flexibility index (Phi) is 4.29. The topological polar surface area (TPSA) is 77.3 Å². The minimum atomic E-state index is -0.762. The fourth-order valence-corrected chi connectivity index (χ4v) is 1.52. The summed E-state index contributed by atoms with van der Waals surface area (Å²) in [4.78, 5) is 11.9. The van der Waals surface area contributed by atoms with Gasteiger partial charge in [0.25, 0.3) is 5.91 Å². The van der Waals surface area contributed by atoms with Crippen molar-refractivity contribution < 1.29 is 18.6 Å². The van der Waals surface area contributed by atoms with Gasteiger partial charge in [-0.05, 0) is 42.8 Å². The Hall–Kier alpha value is -2.44. The van der Waals surface area contributed by atoms with Crippen LogP contribution >= 0.6 is 0 Å². The van der Waals surface area contributed by atoms with Crippen molar-refractivity contribution >= 4 is 11.7 Å². The van der Waals surface area contributed by atoms with Gasteiger partial charge in [0.1, 0.15) is 17.3 Å². The number of anilines is 1. The van der Waals surface area contributed by atoms with Crippen LogP contribution in [0.15, 0.2) is 28.9 Å². The van der Waals surface area contributed by atoms with Crippen molar-refractivity contribution in [2.75, 3.05) is 5.32 Å². The van der Waals surface area contributed by atoms with E-state index in [0.717, 1.165) is 0 Å². The van der Waals surface area contributed by atoms with E-state index in [4.69, 9.17) is 4.74 Å². The van der Waals surface area contributed by atoms with Crippen LogP contribution in [-0.2, 0) is 11.2 Å². The number of nitrogens with zero attached hydrogens (tertiary/aromatic N) is 2. The molecule has 0 aliphatic rings. The highest BCUT2D eigenvalue weighted by Gasteiger charge is 2.18. The zero-order valence-corrected chi connectivity index (χ0v) is 11.1. The summed E-state index contributed by atoms with van der Waals surface area (Å²) in [5.41, 5.74) is 0.562. The van der Waals surface area contributed by atoms with Crippen molar-refractivity contribution in [1.29, 1.82) is 0 Å². The first kappa shape index (κ1) is 14.0. The van der Waals surface area contributed by atoms with Gasteiger partial charge in [-0.15, -0.1) is 0 Å². The Labute approximate surface area is 114 Å². The number of rotatable bonds is 5. The summed E-state index contributed by atoms with van der Waals surface area (Å²) in [7, 11) is 0. The van der Waals surface area contributed by atoms with Gasteiger partial charge in [-0.25, -0.2) is 9.02 Å². The van der Waals surface area contributed by atoms with Gasteiger partial charge < -0.3 is 10.1 Å². The van der Waals surface area contributed by atoms with Crippen molar-refractivity contribution in [3.63, 3.8) is 0 Å². The average Bonchev–Trinajstić information content (AvgIpc) is 2.88. The first-order valence-electron chi connectivity index (χ1n) is 6.14. The van der Waals surface area contributed by atoms with Crippen LogP contribution in [0.3, 0.4) is 0 Å². The fourth-order valence-electron chi connectivity index (χ4n) is 1.52. The van der Waals surface area contributed by atoms with Crippen molar-refractivity contribution in [3.05, 3.63) is 35.8 Å². The number of carbonyl (C=O) groups is 1. The zero-order valence-electron chi connectivity index (χ0n) is 11.1. The lowest BCUT2D eigenvalue weighted by Crippen LogP contribution is -2.30. The quantitative estimate of drug-likeness (QED) is 0.907. The molecule has 0 saturated carbocycles. The van der Waals surface area contributed by atoms with Crippen LogP contribution in [0, 0.1) is 5.82 Å². The molecule has 2 aromatic rings. The maximum absolute atomic E-state index is 12.8. The molecule has 0 aliphatic heterocycles. The Morgan fingerprint density at radius 1 is 1.40 bits per heavy atom. The van der Waals surface area contributed by atoms with Gasteiger partial charge in [-0.1, -0.05) is 12.1 Å². The van der Waals surface area contributed by atoms with Crippen LogP contribution in [0.2, 0.25) is 0 Å². The molecule has 20 heavy (non-hydrogen) atoms. The van der Waals surface area contributed by atoms with E-state index in [2.05, 4.69) is 20.3 Å². The Morgan fingerprint density at radius 2 is 2.10 bits per heavy atom. The molecule has 0 saturated heterocycles. The number of ether oxygens (including phenoxy) is 1. The van der Waals surface area contributed by atoms with Crippen LogP contribution in [0.1, 0.15) is 19.5 Å². The van der Waals surface area contributed by atoms with Gasteiger partial charge in [-0.3, -0.25) is 4.79 Å². The monoisotopic (exact) mass is 279 g/mol. The van der Waals surface area contributed by atoms with Crippen LogP contribution in [0.25, 0.3) is 0 Å². The molecule has 0 bridgehead atoms. The van der Waals surface area contributed by atoms with Crippen molar-refractivity contribution in [1.82, 2.24) is 10.3 Å². The summed E-state index contributed by atoms with van der Waals surface area (Å²) in [6, 6.07) is 5.43. The van der Waals surface area contributed by atoms with Gasteiger partial charge in [0.05, 0.1) is 0 Å². The molecule has 0 spiro atoms. The predicted molar refractivity (Wildman–Crippen MR) is 68.8 cm³/mol. The van der Waals surface area contributed by atoms with E-state index in [1.165, 1.54) is 24.3 Å². The number of nitrogens with one attached hydrogen (secondary N) is 1. The number of amides is 1. The Morgan fingerprint density at radius 3 is 2.75 bits per heavy atom. The third kappa shape index (κ3) is 3.31. The lowest BCUT2D eigenvalue weighted by molar-refractivity contribution is -0.122. The maximum atomic E-state index is 12.8. The molecule has 1 N–H and O–H groups in total. The average molecular weight is 279 g/mol. The summed E-state index contributed by atoms with van der Waals surface area (Å²) in [6.07, 6.45) is -0.173. The van der Waals surface area contributed by atoms with E-state index in [0.29, 0.717) is 17.9 Å². The number of aryl methyl sites for hydroxylation is 1. The minimum Gasteiger partial charge on any atom is -0.481 e. The zero-order chi connectivity index (χ0) is 14.5. The van der Waals surface area contributed by atoms with Crippen LogP contribution < -0.4 is 10.1 Å². The van der Waals surface area contributed by atoms with Crippen LogP contribution in [0.5, 0.6) is 5.75 Å². The number of hydrogen-bond donors (Lipinski definition) is 1. The van der Waals surface area contributed by atoms with E-state index in [1.54, 1.807) is 6.92 Å². The predicted octanol–water partition coefficient (Wildman–Crippen LogP) is 2.18. The number of aromatic nitrogens is 2. The molecule has 7 heteroatoms. The largest absolute Gasteiger partial charge is 0.481 e.